The molecule has 0 saturated heterocycles. The van der Waals surface area contributed by atoms with E-state index in [0.29, 0.717) is 0 Å². The van der Waals surface area contributed by atoms with Crippen LogP contribution in [-0.4, -0.2) is 4.98 Å². The van der Waals surface area contributed by atoms with Gasteiger partial charge in [-0.1, -0.05) is 0 Å². The fourth-order valence-corrected chi connectivity index (χ4v) is 1.93. The van der Waals surface area contributed by atoms with Gasteiger partial charge in [-0.15, -0.1) is 11.3 Å². The minimum atomic E-state index is 0. The number of nitrogens with two attached hydrogens (primary N) is 1. The van der Waals surface area contributed by atoms with Crippen molar-refractivity contribution in [2.45, 2.75) is 6.92 Å². The normalized spacial score (nSPS) is 9.75. The average molecular weight is 200 g/mol. The zero-order valence-corrected chi connectivity index (χ0v) is 8.12. The third-order valence-corrected chi connectivity index (χ3v) is 2.45. The molecule has 0 aliphatic heterocycles. The Kier molecular flexibility index (Phi) is 2.55. The maximum absolute atomic E-state index is 5.61. The fourth-order valence-electron chi connectivity index (χ4n) is 1.06. The van der Waals surface area contributed by atoms with Crippen molar-refractivity contribution in [3.63, 3.8) is 0 Å². The molecule has 0 aliphatic carbocycles. The van der Waals surface area contributed by atoms with Crippen LogP contribution in [0.4, 0.5) is 5.69 Å². The Bertz CT molecular complexity index is 397. The Hall–Kier alpha value is -0.800. The molecule has 0 saturated carbocycles. The average Bonchev–Trinajstić information content (AvgIpc) is 2.27. The molecule has 12 heavy (non-hydrogen) atoms. The van der Waals surface area contributed by atoms with Crippen molar-refractivity contribution in [3.05, 3.63) is 23.2 Å². The van der Waals surface area contributed by atoms with Crippen LogP contribution >= 0.6 is 11.3 Å². The van der Waals surface area contributed by atoms with E-state index >= 15 is 0 Å². The first-order valence-electron chi connectivity index (χ1n) is 3.38. The molecule has 1 aromatic carbocycles. The number of hydrogen-bond donors (Lipinski definition) is 1. The smallest absolute Gasteiger partial charge is 0.0907 e. The summed E-state index contributed by atoms with van der Waals surface area (Å²) >= 11 is 1.68. The van der Waals surface area contributed by atoms with E-state index in [0.717, 1.165) is 16.2 Å². The van der Waals surface area contributed by atoms with Gasteiger partial charge in [0.2, 0.25) is 0 Å². The molecule has 0 atom stereocenters. The molecular weight excluding hydrogens is 192 g/mol. The van der Waals surface area contributed by atoms with Crippen molar-refractivity contribution in [2.75, 3.05) is 5.73 Å². The van der Waals surface area contributed by atoms with Gasteiger partial charge in [0, 0.05) is 5.69 Å². The third kappa shape index (κ3) is 1.52. The molecule has 1 heterocycles. The number of aromatic nitrogens is 1. The molecule has 2 aromatic rings. The van der Waals surface area contributed by atoms with Gasteiger partial charge >= 0.3 is 0 Å². The molecule has 2 N–H and O–H groups in total. The Morgan fingerprint density at radius 3 is 2.92 bits per heavy atom. The molecule has 0 spiro atoms. The van der Waals surface area contributed by atoms with Crippen molar-refractivity contribution in [3.8, 4) is 0 Å². The highest BCUT2D eigenvalue weighted by molar-refractivity contribution is 7.18. The number of rotatable bonds is 0. The molecular formula is C8H8ClN2S-. The van der Waals surface area contributed by atoms with E-state index in [1.54, 1.807) is 11.3 Å². The van der Waals surface area contributed by atoms with Crippen molar-refractivity contribution in [1.82, 2.24) is 4.98 Å². The summed E-state index contributed by atoms with van der Waals surface area (Å²) in [6.07, 6.45) is 0. The molecule has 2 nitrogen and oxygen atoms in total. The lowest BCUT2D eigenvalue weighted by Gasteiger charge is -1.89. The Morgan fingerprint density at radius 1 is 1.42 bits per heavy atom. The highest BCUT2D eigenvalue weighted by atomic mass is 35.5. The second-order valence-electron chi connectivity index (χ2n) is 2.46. The lowest BCUT2D eigenvalue weighted by Crippen LogP contribution is -3.00. The number of anilines is 1. The highest BCUT2D eigenvalue weighted by Crippen LogP contribution is 2.22. The quantitative estimate of drug-likeness (QED) is 0.564. The lowest BCUT2D eigenvalue weighted by molar-refractivity contribution is -0.00000229. The summed E-state index contributed by atoms with van der Waals surface area (Å²) in [5, 5.41) is 1.09. The number of nitrogen functional groups attached to an aromatic ring is 1. The standard InChI is InChI=1S/C8H8N2S.ClH/c1-5-10-7-3-2-6(9)4-8(7)11-5;/h2-4H,9H2,1H3;1H/p-1. The van der Waals surface area contributed by atoms with E-state index in [1.807, 2.05) is 25.1 Å². The van der Waals surface area contributed by atoms with E-state index in [-0.39, 0.29) is 12.4 Å². The summed E-state index contributed by atoms with van der Waals surface area (Å²) in [5.41, 5.74) is 7.46. The largest absolute Gasteiger partial charge is 1.00 e. The Morgan fingerprint density at radius 2 is 2.17 bits per heavy atom. The minimum absolute atomic E-state index is 0. The molecule has 4 heteroatoms. The molecule has 0 aliphatic rings. The number of thiazole rings is 1. The second kappa shape index (κ2) is 3.29. The summed E-state index contributed by atoms with van der Waals surface area (Å²) in [5.74, 6) is 0. The first-order chi connectivity index (χ1) is 5.25. The summed E-state index contributed by atoms with van der Waals surface area (Å²) in [7, 11) is 0. The monoisotopic (exact) mass is 199 g/mol. The predicted molar refractivity (Wildman–Crippen MR) is 48.8 cm³/mol. The van der Waals surface area contributed by atoms with Crippen LogP contribution in [0.25, 0.3) is 10.2 Å². The van der Waals surface area contributed by atoms with Gasteiger partial charge in [0.05, 0.1) is 15.2 Å². The molecule has 64 valence electrons. The van der Waals surface area contributed by atoms with E-state index in [4.69, 9.17) is 5.73 Å². The van der Waals surface area contributed by atoms with Crippen LogP contribution in [0, 0.1) is 6.92 Å². The predicted octanol–water partition coefficient (Wildman–Crippen LogP) is -0.809. The number of nitrogens with zero attached hydrogens (tertiary/aromatic N) is 1. The summed E-state index contributed by atoms with van der Waals surface area (Å²) < 4.78 is 1.17. The highest BCUT2D eigenvalue weighted by Gasteiger charge is 1.98. The van der Waals surface area contributed by atoms with E-state index in [2.05, 4.69) is 4.98 Å². The fraction of sp³-hybridized carbons (Fsp3) is 0.125. The number of halogens is 1. The summed E-state index contributed by atoms with van der Waals surface area (Å²) in [6, 6.07) is 5.79. The van der Waals surface area contributed by atoms with Gasteiger partial charge in [-0.05, 0) is 25.1 Å². The molecule has 0 unspecified atom stereocenters. The van der Waals surface area contributed by atoms with Gasteiger partial charge in [-0.3, -0.25) is 0 Å². The Labute approximate surface area is 80.8 Å². The summed E-state index contributed by atoms with van der Waals surface area (Å²) in [6.45, 7) is 2.00. The molecule has 0 fully saturated rings. The molecule has 0 amide bonds. The first kappa shape index (κ1) is 9.29. The van der Waals surface area contributed by atoms with Crippen LogP contribution in [0.5, 0.6) is 0 Å². The number of hydrogen-bond acceptors (Lipinski definition) is 3. The van der Waals surface area contributed by atoms with Crippen LogP contribution in [0.15, 0.2) is 18.2 Å². The van der Waals surface area contributed by atoms with Gasteiger partial charge < -0.3 is 18.1 Å². The zero-order valence-electron chi connectivity index (χ0n) is 6.54. The van der Waals surface area contributed by atoms with E-state index < -0.39 is 0 Å². The van der Waals surface area contributed by atoms with Crippen LogP contribution in [0.2, 0.25) is 0 Å². The van der Waals surface area contributed by atoms with Crippen molar-refractivity contribution >= 4 is 27.2 Å². The number of aryl methyl sites for hydroxylation is 1. The lowest BCUT2D eigenvalue weighted by atomic mass is 10.3. The van der Waals surface area contributed by atoms with Crippen molar-refractivity contribution < 1.29 is 12.4 Å². The molecule has 1 aromatic heterocycles. The van der Waals surface area contributed by atoms with Gasteiger partial charge in [-0.25, -0.2) is 4.98 Å². The van der Waals surface area contributed by atoms with Crippen LogP contribution in [-0.2, 0) is 0 Å². The van der Waals surface area contributed by atoms with Crippen LogP contribution < -0.4 is 18.1 Å². The van der Waals surface area contributed by atoms with Crippen molar-refractivity contribution in [1.29, 1.82) is 0 Å². The molecule has 0 bridgehead atoms. The van der Waals surface area contributed by atoms with Gasteiger partial charge in [0.15, 0.2) is 0 Å². The van der Waals surface area contributed by atoms with Crippen molar-refractivity contribution in [2.24, 2.45) is 0 Å². The number of fused-ring (bicyclic) bond motifs is 1. The van der Waals surface area contributed by atoms with Gasteiger partial charge in [0.1, 0.15) is 0 Å². The third-order valence-electron chi connectivity index (χ3n) is 1.52. The summed E-state index contributed by atoms with van der Waals surface area (Å²) in [4.78, 5) is 4.32. The van der Waals surface area contributed by atoms with E-state index in [1.165, 1.54) is 4.70 Å². The Balaban J connectivity index is 0.000000720. The molecule has 0 radical (unpaired) electrons. The van der Waals surface area contributed by atoms with Crippen LogP contribution in [0.3, 0.4) is 0 Å². The topological polar surface area (TPSA) is 38.9 Å². The SMILES string of the molecule is Cc1nc2ccc(N)cc2s1.[Cl-]. The van der Waals surface area contributed by atoms with E-state index in [9.17, 15) is 0 Å². The number of benzene rings is 1. The first-order valence-corrected chi connectivity index (χ1v) is 4.20. The maximum Gasteiger partial charge on any atom is 0.0907 e. The van der Waals surface area contributed by atoms with Crippen LogP contribution in [0.1, 0.15) is 5.01 Å². The zero-order chi connectivity index (χ0) is 7.84. The maximum atomic E-state index is 5.61. The molecule has 2 rings (SSSR count). The second-order valence-corrected chi connectivity index (χ2v) is 3.69. The van der Waals surface area contributed by atoms with Gasteiger partial charge in [0.25, 0.3) is 0 Å². The minimum Gasteiger partial charge on any atom is -1.00 e. The van der Waals surface area contributed by atoms with Gasteiger partial charge in [-0.2, -0.15) is 0 Å².